The zero-order valence-electron chi connectivity index (χ0n) is 21.2. The first-order valence-electron chi connectivity index (χ1n) is 12.9. The van der Waals surface area contributed by atoms with E-state index in [4.69, 9.17) is 4.74 Å². The van der Waals surface area contributed by atoms with Crippen molar-refractivity contribution in [1.29, 1.82) is 0 Å². The summed E-state index contributed by atoms with van der Waals surface area (Å²) in [6.07, 6.45) is 4.61. The number of hydrogen-bond donors (Lipinski definition) is 3. The number of ether oxygens (including phenoxy) is 1. The maximum atomic E-state index is 13.4. The normalized spacial score (nSPS) is 20.3. The van der Waals surface area contributed by atoms with E-state index >= 15 is 0 Å². The van der Waals surface area contributed by atoms with Gasteiger partial charge in [-0.2, -0.15) is 13.8 Å². The van der Waals surface area contributed by atoms with E-state index in [1.165, 1.54) is 12.8 Å². The third-order valence-electron chi connectivity index (χ3n) is 7.59. The summed E-state index contributed by atoms with van der Waals surface area (Å²) in [6, 6.07) is 10.0. The van der Waals surface area contributed by atoms with Crippen LogP contribution in [0.4, 0.5) is 26.0 Å². The fourth-order valence-corrected chi connectivity index (χ4v) is 5.46. The van der Waals surface area contributed by atoms with Gasteiger partial charge in [0.15, 0.2) is 0 Å². The summed E-state index contributed by atoms with van der Waals surface area (Å²) >= 11 is 0. The van der Waals surface area contributed by atoms with Gasteiger partial charge in [-0.05, 0) is 75.1 Å². The Morgan fingerprint density at radius 1 is 1.18 bits per heavy atom. The van der Waals surface area contributed by atoms with Crippen molar-refractivity contribution < 1.29 is 27.6 Å². The van der Waals surface area contributed by atoms with Crippen molar-refractivity contribution in [1.82, 2.24) is 4.98 Å². The van der Waals surface area contributed by atoms with E-state index in [1.54, 1.807) is 37.3 Å². The molecule has 5 rings (SSSR count). The van der Waals surface area contributed by atoms with E-state index in [-0.39, 0.29) is 24.2 Å². The molecule has 0 bridgehead atoms. The van der Waals surface area contributed by atoms with Crippen LogP contribution >= 0.6 is 0 Å². The second-order valence-electron chi connectivity index (χ2n) is 10.5. The summed E-state index contributed by atoms with van der Waals surface area (Å²) in [5, 5.41) is 11.7. The molecule has 11 heteroatoms. The molecule has 0 radical (unpaired) electrons. The van der Waals surface area contributed by atoms with Gasteiger partial charge in [0.05, 0.1) is 23.1 Å². The van der Waals surface area contributed by atoms with Crippen LogP contribution in [0.2, 0.25) is 0 Å². The van der Waals surface area contributed by atoms with E-state index in [1.807, 2.05) is 6.07 Å². The van der Waals surface area contributed by atoms with Crippen LogP contribution in [0.1, 0.15) is 55.8 Å². The standard InChI is InChI=1S/C27H32F2N4O4S/c1-18(17-34)38(36)32-19-5-6-20(21(15-19)33-13-11-26(7-8-26)12-14-33)25(35)31-23-3-2-4-24(30-23)37-27(9-10-27)16-22(28)29/h2-6,15-16,18,32,34H,7-14,17H2,1H3,(H,30,31,35). The van der Waals surface area contributed by atoms with Gasteiger partial charge >= 0.3 is 0 Å². The highest BCUT2D eigenvalue weighted by molar-refractivity contribution is 7.87. The number of halogens is 2. The van der Waals surface area contributed by atoms with Gasteiger partial charge in [-0.1, -0.05) is 6.07 Å². The number of anilines is 3. The number of nitrogens with one attached hydrogen (secondary N) is 2. The van der Waals surface area contributed by atoms with Gasteiger partial charge in [0.25, 0.3) is 12.0 Å². The minimum atomic E-state index is -1.79. The molecule has 38 heavy (non-hydrogen) atoms. The van der Waals surface area contributed by atoms with E-state index in [0.717, 1.165) is 37.7 Å². The van der Waals surface area contributed by atoms with Crippen LogP contribution in [-0.2, 0) is 11.0 Å². The summed E-state index contributed by atoms with van der Waals surface area (Å²) < 4.78 is 46.6. The second kappa shape index (κ2) is 10.6. The lowest BCUT2D eigenvalue weighted by Gasteiger charge is -2.35. The van der Waals surface area contributed by atoms with Gasteiger partial charge in [-0.3, -0.25) is 4.79 Å². The fraction of sp³-hybridized carbons (Fsp3) is 0.481. The molecule has 1 aliphatic heterocycles. The van der Waals surface area contributed by atoms with Crippen LogP contribution in [0.3, 0.4) is 0 Å². The Labute approximate surface area is 223 Å². The molecule has 2 saturated carbocycles. The number of rotatable bonds is 10. The molecule has 3 N–H and O–H groups in total. The monoisotopic (exact) mass is 546 g/mol. The predicted octanol–water partition coefficient (Wildman–Crippen LogP) is 4.86. The zero-order chi connectivity index (χ0) is 26.9. The zero-order valence-corrected chi connectivity index (χ0v) is 22.0. The first kappa shape index (κ1) is 26.6. The van der Waals surface area contributed by atoms with Gasteiger partial charge in [-0.15, -0.1) is 0 Å². The number of pyridine rings is 1. The predicted molar refractivity (Wildman–Crippen MR) is 143 cm³/mol. The SMILES string of the molecule is CC(CO)S(=O)Nc1ccc(C(=O)Nc2cccc(OC3(C=C(F)F)CC3)n2)c(N2CCC3(CC2)CC3)c1. The molecule has 204 valence electrons. The first-order valence-corrected chi connectivity index (χ1v) is 14.1. The molecule has 1 aromatic heterocycles. The number of aliphatic hydroxyl groups excluding tert-OH is 1. The van der Waals surface area contributed by atoms with Crippen molar-refractivity contribution >= 4 is 34.1 Å². The number of aliphatic hydroxyl groups is 1. The summed E-state index contributed by atoms with van der Waals surface area (Å²) in [6.45, 7) is 3.12. The number of aromatic nitrogens is 1. The summed E-state index contributed by atoms with van der Waals surface area (Å²) in [5.74, 6) is 0.0296. The molecule has 2 aliphatic carbocycles. The van der Waals surface area contributed by atoms with Crippen LogP contribution in [0.15, 0.2) is 48.6 Å². The summed E-state index contributed by atoms with van der Waals surface area (Å²) in [4.78, 5) is 19.9. The molecule has 3 aliphatic rings. The van der Waals surface area contributed by atoms with Crippen LogP contribution < -0.4 is 19.7 Å². The Kier molecular flexibility index (Phi) is 7.41. The van der Waals surface area contributed by atoms with E-state index in [0.29, 0.717) is 29.5 Å². The maximum Gasteiger partial charge on any atom is 0.270 e. The molecule has 1 spiro atoms. The highest BCUT2D eigenvalue weighted by Gasteiger charge is 2.45. The average Bonchev–Trinajstić information content (AvgIpc) is 3.82. The van der Waals surface area contributed by atoms with Crippen molar-refractivity contribution in [2.75, 3.05) is 34.6 Å². The number of carbonyl (C=O) groups is 1. The second-order valence-corrected chi connectivity index (χ2v) is 12.1. The van der Waals surface area contributed by atoms with Gasteiger partial charge < -0.3 is 24.8 Å². The van der Waals surface area contributed by atoms with Crippen LogP contribution in [-0.4, -0.2) is 50.8 Å². The Hall–Kier alpha value is -3.05. The highest BCUT2D eigenvalue weighted by atomic mass is 32.2. The highest BCUT2D eigenvalue weighted by Crippen LogP contribution is 2.54. The van der Waals surface area contributed by atoms with E-state index < -0.39 is 27.9 Å². The largest absolute Gasteiger partial charge is 0.467 e. The molecule has 2 atom stereocenters. The minimum Gasteiger partial charge on any atom is -0.467 e. The molecule has 2 heterocycles. The average molecular weight is 547 g/mol. The topological polar surface area (TPSA) is 104 Å². The lowest BCUT2D eigenvalue weighted by Crippen LogP contribution is -2.35. The molecule has 8 nitrogen and oxygen atoms in total. The summed E-state index contributed by atoms with van der Waals surface area (Å²) in [7, 11) is -1.48. The van der Waals surface area contributed by atoms with Crippen LogP contribution in [0.25, 0.3) is 0 Å². The number of hydrogen-bond acceptors (Lipinski definition) is 6. The minimum absolute atomic E-state index is 0.156. The molecule has 2 unspecified atom stereocenters. The fourth-order valence-electron chi connectivity index (χ4n) is 4.76. The summed E-state index contributed by atoms with van der Waals surface area (Å²) in [5.41, 5.74) is 1.18. The van der Waals surface area contributed by atoms with Crippen LogP contribution in [0.5, 0.6) is 5.88 Å². The quantitative estimate of drug-likeness (QED) is 0.393. The van der Waals surface area contributed by atoms with Crippen molar-refractivity contribution in [3.63, 3.8) is 0 Å². The number of nitrogens with zero attached hydrogens (tertiary/aromatic N) is 2. The maximum absolute atomic E-state index is 13.4. The Morgan fingerprint density at radius 2 is 1.92 bits per heavy atom. The number of carbonyl (C=O) groups excluding carboxylic acids is 1. The van der Waals surface area contributed by atoms with Crippen LogP contribution in [0, 0.1) is 5.41 Å². The van der Waals surface area contributed by atoms with Gasteiger partial charge in [0.1, 0.15) is 22.4 Å². The van der Waals surface area contributed by atoms with Crippen molar-refractivity contribution in [3.8, 4) is 5.88 Å². The molecule has 1 amide bonds. The lowest BCUT2D eigenvalue weighted by molar-refractivity contribution is 0.102. The van der Waals surface area contributed by atoms with Gasteiger partial charge in [0, 0.05) is 30.9 Å². The Balaban J connectivity index is 1.35. The van der Waals surface area contributed by atoms with E-state index in [9.17, 15) is 22.9 Å². The number of benzene rings is 1. The molecule has 1 aromatic carbocycles. The molecular formula is C27H32F2N4O4S. The van der Waals surface area contributed by atoms with E-state index in [2.05, 4.69) is 19.9 Å². The lowest BCUT2D eigenvalue weighted by atomic mass is 9.93. The smallest absolute Gasteiger partial charge is 0.270 e. The van der Waals surface area contributed by atoms with Crippen molar-refractivity contribution in [2.24, 2.45) is 5.41 Å². The third-order valence-corrected chi connectivity index (χ3v) is 8.91. The van der Waals surface area contributed by atoms with Gasteiger partial charge in [-0.25, -0.2) is 4.21 Å². The molecule has 3 fully saturated rings. The number of amides is 1. The van der Waals surface area contributed by atoms with Crippen molar-refractivity contribution in [2.45, 2.75) is 56.3 Å². The Morgan fingerprint density at radius 3 is 2.55 bits per heavy atom. The number of piperidine rings is 1. The Bertz CT molecular complexity index is 1250. The van der Waals surface area contributed by atoms with Gasteiger partial charge in [0.2, 0.25) is 5.88 Å². The third kappa shape index (κ3) is 6.15. The van der Waals surface area contributed by atoms with Crippen molar-refractivity contribution in [3.05, 3.63) is 54.1 Å². The molecular weight excluding hydrogens is 514 g/mol. The molecule has 2 aromatic rings. The molecule has 1 saturated heterocycles. The first-order chi connectivity index (χ1) is 18.2.